The molecule has 0 aromatic heterocycles. The van der Waals surface area contributed by atoms with E-state index in [0.29, 0.717) is 12.5 Å². The zero-order valence-electron chi connectivity index (χ0n) is 11.1. The summed E-state index contributed by atoms with van der Waals surface area (Å²) >= 11 is 0. The second kappa shape index (κ2) is 7.67. The molecule has 0 spiro atoms. The van der Waals surface area contributed by atoms with Gasteiger partial charge in [0, 0.05) is 12.6 Å². The van der Waals surface area contributed by atoms with E-state index in [9.17, 15) is 4.79 Å². The van der Waals surface area contributed by atoms with Crippen molar-refractivity contribution >= 4 is 5.97 Å². The van der Waals surface area contributed by atoms with Crippen molar-refractivity contribution in [3.8, 4) is 0 Å². The number of hydrogen-bond donors (Lipinski definition) is 1. The summed E-state index contributed by atoms with van der Waals surface area (Å²) in [6.45, 7) is 6.59. The van der Waals surface area contributed by atoms with Gasteiger partial charge < -0.3 is 10.1 Å². The van der Waals surface area contributed by atoms with Gasteiger partial charge in [-0.05, 0) is 24.5 Å². The molecule has 1 unspecified atom stereocenters. The summed E-state index contributed by atoms with van der Waals surface area (Å²) in [6, 6.07) is 8.30. The predicted octanol–water partition coefficient (Wildman–Crippen LogP) is 2.46. The maximum Gasteiger partial charge on any atom is 0.309 e. The first kappa shape index (κ1) is 14.5. The van der Waals surface area contributed by atoms with E-state index in [-0.39, 0.29) is 5.97 Å². The first-order chi connectivity index (χ1) is 8.67. The van der Waals surface area contributed by atoms with Crippen LogP contribution in [-0.2, 0) is 22.5 Å². The predicted molar refractivity (Wildman–Crippen MR) is 73.3 cm³/mol. The van der Waals surface area contributed by atoms with Crippen LogP contribution < -0.4 is 5.32 Å². The van der Waals surface area contributed by atoms with Gasteiger partial charge in [-0.1, -0.05) is 30.3 Å². The minimum Gasteiger partial charge on any atom is -0.469 e. The van der Waals surface area contributed by atoms with Crippen LogP contribution in [0.1, 0.15) is 24.5 Å². The molecule has 0 saturated heterocycles. The third-order valence-corrected chi connectivity index (χ3v) is 2.84. The molecule has 1 aromatic carbocycles. The molecule has 0 fully saturated rings. The van der Waals surface area contributed by atoms with Crippen molar-refractivity contribution in [1.29, 1.82) is 0 Å². The van der Waals surface area contributed by atoms with E-state index in [0.717, 1.165) is 24.1 Å². The average molecular weight is 247 g/mol. The van der Waals surface area contributed by atoms with E-state index in [1.807, 2.05) is 30.3 Å². The van der Waals surface area contributed by atoms with Crippen LogP contribution in [0.25, 0.3) is 0 Å². The van der Waals surface area contributed by atoms with Crippen LogP contribution in [0.2, 0.25) is 0 Å². The molecule has 3 nitrogen and oxygen atoms in total. The Morgan fingerprint density at radius 1 is 1.44 bits per heavy atom. The molecular formula is C15H21NO2. The molecule has 0 amide bonds. The van der Waals surface area contributed by atoms with Crippen LogP contribution in [-0.4, -0.2) is 19.1 Å². The lowest BCUT2D eigenvalue weighted by Crippen LogP contribution is -2.25. The first-order valence-corrected chi connectivity index (χ1v) is 6.15. The van der Waals surface area contributed by atoms with E-state index in [4.69, 9.17) is 4.74 Å². The zero-order chi connectivity index (χ0) is 13.4. The molecule has 1 N–H and O–H groups in total. The van der Waals surface area contributed by atoms with Crippen LogP contribution in [0.5, 0.6) is 0 Å². The van der Waals surface area contributed by atoms with Gasteiger partial charge in [0.25, 0.3) is 0 Å². The van der Waals surface area contributed by atoms with Gasteiger partial charge >= 0.3 is 5.97 Å². The average Bonchev–Trinajstić information content (AvgIpc) is 2.38. The summed E-state index contributed by atoms with van der Waals surface area (Å²) in [7, 11) is 1.41. The lowest BCUT2D eigenvalue weighted by Gasteiger charge is -2.14. The summed E-state index contributed by atoms with van der Waals surface area (Å²) in [4.78, 5) is 11.3. The number of rotatable bonds is 7. The Balaban J connectivity index is 2.64. The van der Waals surface area contributed by atoms with Crippen LogP contribution in [0, 0.1) is 0 Å². The third kappa shape index (κ3) is 4.72. The Kier molecular flexibility index (Phi) is 6.15. The summed E-state index contributed by atoms with van der Waals surface area (Å²) < 4.78 is 4.70. The molecule has 0 aliphatic rings. The Morgan fingerprint density at radius 3 is 2.72 bits per heavy atom. The number of esters is 1. The molecule has 0 bridgehead atoms. The highest BCUT2D eigenvalue weighted by atomic mass is 16.5. The van der Waals surface area contributed by atoms with Crippen molar-refractivity contribution in [2.24, 2.45) is 0 Å². The van der Waals surface area contributed by atoms with Crippen LogP contribution in [0.3, 0.4) is 0 Å². The van der Waals surface area contributed by atoms with Gasteiger partial charge in [0.15, 0.2) is 0 Å². The van der Waals surface area contributed by atoms with Crippen molar-refractivity contribution in [3.05, 3.63) is 48.0 Å². The molecule has 0 saturated carbocycles. The fourth-order valence-electron chi connectivity index (χ4n) is 1.75. The van der Waals surface area contributed by atoms with E-state index in [2.05, 4.69) is 18.8 Å². The molecule has 1 aromatic rings. The van der Waals surface area contributed by atoms with Crippen LogP contribution in [0.15, 0.2) is 36.9 Å². The normalized spacial score (nSPS) is 11.9. The molecule has 3 heteroatoms. The molecule has 1 atom stereocenters. The quantitative estimate of drug-likeness (QED) is 0.594. The number of carbonyl (C=O) groups is 1. The number of carbonyl (C=O) groups excluding carboxylic acids is 1. The standard InChI is InChI=1S/C15H21NO2/c1-4-7-12(2)16-11-14-9-6-5-8-13(14)10-15(17)18-3/h4-6,8-9,12,16H,1,7,10-11H2,2-3H3. The number of methoxy groups -OCH3 is 1. The monoisotopic (exact) mass is 247 g/mol. The van der Waals surface area contributed by atoms with Crippen molar-refractivity contribution in [2.75, 3.05) is 7.11 Å². The van der Waals surface area contributed by atoms with Crippen molar-refractivity contribution in [3.63, 3.8) is 0 Å². The molecule has 0 aliphatic carbocycles. The fourth-order valence-corrected chi connectivity index (χ4v) is 1.75. The third-order valence-electron chi connectivity index (χ3n) is 2.84. The van der Waals surface area contributed by atoms with Gasteiger partial charge in [-0.15, -0.1) is 6.58 Å². The van der Waals surface area contributed by atoms with Gasteiger partial charge in [-0.2, -0.15) is 0 Å². The largest absolute Gasteiger partial charge is 0.469 e. The lowest BCUT2D eigenvalue weighted by atomic mass is 10.0. The molecule has 0 radical (unpaired) electrons. The molecule has 98 valence electrons. The van der Waals surface area contributed by atoms with Crippen LogP contribution >= 0.6 is 0 Å². The minimum absolute atomic E-state index is 0.207. The molecule has 18 heavy (non-hydrogen) atoms. The highest BCUT2D eigenvalue weighted by Gasteiger charge is 2.08. The highest BCUT2D eigenvalue weighted by Crippen LogP contribution is 2.10. The molecule has 0 heterocycles. The Morgan fingerprint density at radius 2 is 2.11 bits per heavy atom. The smallest absolute Gasteiger partial charge is 0.309 e. The Hall–Kier alpha value is -1.61. The minimum atomic E-state index is -0.207. The van der Waals surface area contributed by atoms with Gasteiger partial charge in [-0.3, -0.25) is 4.79 Å². The maximum absolute atomic E-state index is 11.3. The van der Waals surface area contributed by atoms with Gasteiger partial charge in [0.2, 0.25) is 0 Å². The number of benzene rings is 1. The summed E-state index contributed by atoms with van der Waals surface area (Å²) in [5.74, 6) is -0.207. The van der Waals surface area contributed by atoms with E-state index < -0.39 is 0 Å². The molecular weight excluding hydrogens is 226 g/mol. The van der Waals surface area contributed by atoms with Crippen molar-refractivity contribution in [2.45, 2.75) is 32.4 Å². The van der Waals surface area contributed by atoms with E-state index >= 15 is 0 Å². The zero-order valence-corrected chi connectivity index (χ0v) is 11.1. The van der Waals surface area contributed by atoms with Gasteiger partial charge in [0.05, 0.1) is 13.5 Å². The van der Waals surface area contributed by atoms with Gasteiger partial charge in [0.1, 0.15) is 0 Å². The second-order valence-corrected chi connectivity index (χ2v) is 4.33. The number of ether oxygens (including phenoxy) is 1. The fraction of sp³-hybridized carbons (Fsp3) is 0.400. The first-order valence-electron chi connectivity index (χ1n) is 6.15. The number of nitrogens with one attached hydrogen (secondary N) is 1. The van der Waals surface area contributed by atoms with Crippen molar-refractivity contribution < 1.29 is 9.53 Å². The second-order valence-electron chi connectivity index (χ2n) is 4.33. The molecule has 1 rings (SSSR count). The Labute approximate surface area is 109 Å². The Bertz CT molecular complexity index is 401. The van der Waals surface area contributed by atoms with Crippen LogP contribution in [0.4, 0.5) is 0 Å². The summed E-state index contributed by atoms with van der Waals surface area (Å²) in [6.07, 6.45) is 3.15. The molecule has 0 aliphatic heterocycles. The maximum atomic E-state index is 11.3. The summed E-state index contributed by atoms with van der Waals surface area (Å²) in [5, 5.41) is 3.41. The number of hydrogen-bond acceptors (Lipinski definition) is 3. The topological polar surface area (TPSA) is 38.3 Å². The SMILES string of the molecule is C=CCC(C)NCc1ccccc1CC(=O)OC. The van der Waals surface area contributed by atoms with E-state index in [1.54, 1.807) is 0 Å². The highest BCUT2D eigenvalue weighted by molar-refractivity contribution is 5.72. The van der Waals surface area contributed by atoms with E-state index in [1.165, 1.54) is 7.11 Å². The van der Waals surface area contributed by atoms with Crippen molar-refractivity contribution in [1.82, 2.24) is 5.32 Å². The summed E-state index contributed by atoms with van der Waals surface area (Å²) in [5.41, 5.74) is 2.15. The lowest BCUT2D eigenvalue weighted by molar-refractivity contribution is -0.139. The van der Waals surface area contributed by atoms with Gasteiger partial charge in [-0.25, -0.2) is 0 Å².